The lowest BCUT2D eigenvalue weighted by Crippen LogP contribution is -2.14. The van der Waals surface area contributed by atoms with Crippen molar-refractivity contribution < 1.29 is 4.42 Å². The maximum atomic E-state index is 6.39. The molecule has 0 unspecified atom stereocenters. The summed E-state index contributed by atoms with van der Waals surface area (Å²) in [6.45, 7) is 4.72. The third-order valence-electron chi connectivity index (χ3n) is 12.8. The molecule has 1 aliphatic carbocycles. The van der Waals surface area contributed by atoms with Crippen LogP contribution in [0.4, 0.5) is 17.1 Å². The topological polar surface area (TPSA) is 21.3 Å². The van der Waals surface area contributed by atoms with E-state index in [1.807, 2.05) is 12.1 Å². The SMILES string of the molecule is CC1(C)c2ccccc2-c2cc3c4cc(-c5ccc(N(c6ccc(-c7ccccc7)cc6)c6cccc7oc8ccccc8c67)cc5)ccc4n(-c4ccccc4)c3cc21. The van der Waals surface area contributed by atoms with Crippen molar-refractivity contribution in [3.8, 4) is 39.1 Å². The van der Waals surface area contributed by atoms with Crippen LogP contribution in [0, 0.1) is 0 Å². The number of furan rings is 1. The Morgan fingerprint density at radius 3 is 1.78 bits per heavy atom. The van der Waals surface area contributed by atoms with E-state index in [1.165, 1.54) is 72.0 Å². The van der Waals surface area contributed by atoms with Crippen LogP contribution in [-0.2, 0) is 5.41 Å². The second kappa shape index (κ2) is 13.2. The van der Waals surface area contributed by atoms with Gasteiger partial charge in [0.15, 0.2) is 0 Å². The summed E-state index contributed by atoms with van der Waals surface area (Å²) < 4.78 is 8.83. The fourth-order valence-corrected chi connectivity index (χ4v) is 9.85. The highest BCUT2D eigenvalue weighted by atomic mass is 16.3. The van der Waals surface area contributed by atoms with E-state index >= 15 is 0 Å². The maximum absolute atomic E-state index is 6.39. The highest BCUT2D eigenvalue weighted by Gasteiger charge is 2.36. The van der Waals surface area contributed by atoms with Crippen molar-refractivity contribution in [1.82, 2.24) is 4.57 Å². The number of nitrogens with zero attached hydrogens (tertiary/aromatic N) is 2. The van der Waals surface area contributed by atoms with Crippen LogP contribution in [0.3, 0.4) is 0 Å². The van der Waals surface area contributed by atoms with E-state index in [1.54, 1.807) is 0 Å². The van der Waals surface area contributed by atoms with Crippen molar-refractivity contribution in [2.75, 3.05) is 4.90 Å². The van der Waals surface area contributed by atoms with E-state index in [-0.39, 0.29) is 5.41 Å². The molecule has 60 heavy (non-hydrogen) atoms. The quantitative estimate of drug-likeness (QED) is 0.168. The summed E-state index contributed by atoms with van der Waals surface area (Å²) in [5.41, 5.74) is 18.7. The van der Waals surface area contributed by atoms with E-state index in [2.05, 4.69) is 217 Å². The number of rotatable bonds is 6. The number of fused-ring (bicyclic) bond motifs is 9. The van der Waals surface area contributed by atoms with Gasteiger partial charge in [0.2, 0.25) is 0 Å². The molecule has 3 heteroatoms. The summed E-state index contributed by atoms with van der Waals surface area (Å²) in [5.74, 6) is 0. The molecule has 0 aliphatic heterocycles. The van der Waals surface area contributed by atoms with Gasteiger partial charge in [-0.25, -0.2) is 0 Å². The molecule has 2 aromatic heterocycles. The molecule has 9 aromatic carbocycles. The molecular weight excluding hydrogens is 729 g/mol. The van der Waals surface area contributed by atoms with Gasteiger partial charge in [-0.15, -0.1) is 0 Å². The zero-order valence-corrected chi connectivity index (χ0v) is 33.4. The summed E-state index contributed by atoms with van der Waals surface area (Å²) in [5, 5.41) is 4.72. The first-order valence-electron chi connectivity index (χ1n) is 20.8. The first-order valence-corrected chi connectivity index (χ1v) is 20.8. The van der Waals surface area contributed by atoms with Gasteiger partial charge in [0, 0.05) is 38.6 Å². The van der Waals surface area contributed by atoms with Gasteiger partial charge in [-0.3, -0.25) is 0 Å². The molecule has 1 aliphatic rings. The van der Waals surface area contributed by atoms with Gasteiger partial charge in [0.25, 0.3) is 0 Å². The Kier molecular flexibility index (Phi) is 7.58. The Morgan fingerprint density at radius 2 is 1.02 bits per heavy atom. The highest BCUT2D eigenvalue weighted by molar-refractivity contribution is 6.14. The summed E-state index contributed by atoms with van der Waals surface area (Å²) in [6.07, 6.45) is 0. The van der Waals surface area contributed by atoms with Gasteiger partial charge in [0.1, 0.15) is 11.2 Å². The van der Waals surface area contributed by atoms with Gasteiger partial charge in [-0.05, 0) is 123 Å². The molecule has 12 rings (SSSR count). The lowest BCUT2D eigenvalue weighted by molar-refractivity contribution is 0.661. The lowest BCUT2D eigenvalue weighted by atomic mass is 9.82. The van der Waals surface area contributed by atoms with Crippen molar-refractivity contribution in [3.05, 3.63) is 217 Å². The van der Waals surface area contributed by atoms with Gasteiger partial charge in [-0.2, -0.15) is 0 Å². The van der Waals surface area contributed by atoms with Gasteiger partial charge < -0.3 is 13.9 Å². The molecule has 0 amide bonds. The van der Waals surface area contributed by atoms with Crippen LogP contribution in [0.15, 0.2) is 211 Å². The van der Waals surface area contributed by atoms with Crippen LogP contribution in [0.5, 0.6) is 0 Å². The lowest BCUT2D eigenvalue weighted by Gasteiger charge is -2.26. The molecule has 0 N–H and O–H groups in total. The third kappa shape index (κ3) is 5.22. The first-order chi connectivity index (χ1) is 29.5. The van der Waals surface area contributed by atoms with Gasteiger partial charge >= 0.3 is 0 Å². The van der Waals surface area contributed by atoms with Crippen molar-refractivity contribution >= 4 is 60.8 Å². The van der Waals surface area contributed by atoms with E-state index in [0.29, 0.717) is 0 Å². The van der Waals surface area contributed by atoms with Crippen molar-refractivity contribution in [2.45, 2.75) is 19.3 Å². The van der Waals surface area contributed by atoms with E-state index in [0.717, 1.165) is 39.0 Å². The number of para-hydroxylation sites is 2. The number of aromatic nitrogens is 1. The molecule has 0 fully saturated rings. The third-order valence-corrected chi connectivity index (χ3v) is 12.8. The Labute approximate surface area is 349 Å². The molecule has 0 atom stereocenters. The second-order valence-electron chi connectivity index (χ2n) is 16.5. The minimum atomic E-state index is -0.0843. The molecule has 0 radical (unpaired) electrons. The van der Waals surface area contributed by atoms with Crippen molar-refractivity contribution in [3.63, 3.8) is 0 Å². The predicted octanol–water partition coefficient (Wildman–Crippen LogP) is 15.8. The standard InChI is InChI=1S/C57H40N2O/c1-57(2)49-20-11-9-18-44(49)46-35-48-47-34-40(28-33-51(47)59(53(48)36-50(46)57)41-16-7-4-8-17-41)39-26-31-43(32-27-39)58(42-29-24-38(25-30-42)37-14-5-3-6-15-37)52-21-13-23-55-56(52)45-19-10-12-22-54(45)60-55/h3-36H,1-2H3. The molecule has 0 bridgehead atoms. The average Bonchev–Trinajstić information content (AvgIpc) is 3.92. The summed E-state index contributed by atoms with van der Waals surface area (Å²) in [6, 6.07) is 74.8. The normalized spacial score (nSPS) is 13.0. The summed E-state index contributed by atoms with van der Waals surface area (Å²) in [7, 11) is 0. The Balaban J connectivity index is 1.01. The van der Waals surface area contributed by atoms with E-state index in [4.69, 9.17) is 4.42 Å². The minimum Gasteiger partial charge on any atom is -0.456 e. The fraction of sp³-hybridized carbons (Fsp3) is 0.0526. The van der Waals surface area contributed by atoms with Crippen molar-refractivity contribution in [2.24, 2.45) is 0 Å². The largest absolute Gasteiger partial charge is 0.456 e. The molecule has 3 nitrogen and oxygen atoms in total. The molecule has 0 saturated heterocycles. The smallest absolute Gasteiger partial charge is 0.137 e. The van der Waals surface area contributed by atoms with Crippen LogP contribution >= 0.6 is 0 Å². The zero-order chi connectivity index (χ0) is 40.0. The highest BCUT2D eigenvalue weighted by Crippen LogP contribution is 2.51. The fourth-order valence-electron chi connectivity index (χ4n) is 9.85. The van der Waals surface area contributed by atoms with Crippen LogP contribution in [0.25, 0.3) is 82.8 Å². The zero-order valence-electron chi connectivity index (χ0n) is 33.4. The van der Waals surface area contributed by atoms with Crippen LogP contribution < -0.4 is 4.90 Å². The monoisotopic (exact) mass is 768 g/mol. The minimum absolute atomic E-state index is 0.0843. The number of benzene rings is 9. The first kappa shape index (κ1) is 34.4. The van der Waals surface area contributed by atoms with Gasteiger partial charge in [0.05, 0.1) is 22.1 Å². The Morgan fingerprint density at radius 1 is 0.417 bits per heavy atom. The molecule has 284 valence electrons. The number of hydrogen-bond acceptors (Lipinski definition) is 2. The molecule has 0 saturated carbocycles. The Hall–Kier alpha value is -7.62. The second-order valence-corrected chi connectivity index (χ2v) is 16.5. The van der Waals surface area contributed by atoms with Crippen molar-refractivity contribution in [1.29, 1.82) is 0 Å². The molecular formula is C57H40N2O. The summed E-state index contributed by atoms with van der Waals surface area (Å²) >= 11 is 0. The van der Waals surface area contributed by atoms with E-state index in [9.17, 15) is 0 Å². The summed E-state index contributed by atoms with van der Waals surface area (Å²) in [4.78, 5) is 2.36. The Bertz CT molecular complexity index is 3430. The predicted molar refractivity (Wildman–Crippen MR) is 251 cm³/mol. The average molecular weight is 769 g/mol. The van der Waals surface area contributed by atoms with Crippen LogP contribution in [0.1, 0.15) is 25.0 Å². The number of anilines is 3. The molecule has 2 heterocycles. The van der Waals surface area contributed by atoms with Gasteiger partial charge in [-0.1, -0.05) is 141 Å². The van der Waals surface area contributed by atoms with Crippen LogP contribution in [0.2, 0.25) is 0 Å². The molecule has 11 aromatic rings. The van der Waals surface area contributed by atoms with E-state index < -0.39 is 0 Å². The molecule has 0 spiro atoms. The maximum Gasteiger partial charge on any atom is 0.137 e. The van der Waals surface area contributed by atoms with Crippen LogP contribution in [-0.4, -0.2) is 4.57 Å². The number of hydrogen-bond donors (Lipinski definition) is 0.